The molecule has 3 heteroatoms. The van der Waals surface area contributed by atoms with Crippen molar-refractivity contribution in [1.29, 1.82) is 0 Å². The molecule has 0 saturated heterocycles. The lowest BCUT2D eigenvalue weighted by Gasteiger charge is -2.23. The van der Waals surface area contributed by atoms with Crippen molar-refractivity contribution in [2.24, 2.45) is 5.41 Å². The zero-order valence-electron chi connectivity index (χ0n) is 9.69. The molecule has 0 aromatic heterocycles. The van der Waals surface area contributed by atoms with E-state index in [1.54, 1.807) is 0 Å². The first-order valence-electron chi connectivity index (χ1n) is 5.31. The zero-order valence-corrected chi connectivity index (χ0v) is 10.4. The minimum atomic E-state index is -0.456. The molecule has 0 aliphatic rings. The maximum Gasteiger partial charge on any atom is 0.227 e. The quantitative estimate of drug-likeness (QED) is 0.684. The van der Waals surface area contributed by atoms with Gasteiger partial charge in [-0.25, -0.2) is 0 Å². The Balaban J connectivity index is 3.93. The van der Waals surface area contributed by atoms with E-state index in [0.717, 1.165) is 12.8 Å². The summed E-state index contributed by atoms with van der Waals surface area (Å²) in [7, 11) is 0. The van der Waals surface area contributed by atoms with E-state index < -0.39 is 5.41 Å². The molecule has 1 amide bonds. The fourth-order valence-electron chi connectivity index (χ4n) is 1.06. The number of carbonyl (C=O) groups excluding carboxylic acids is 1. The Labute approximate surface area is 92.4 Å². The molecule has 0 aliphatic carbocycles. The first kappa shape index (κ1) is 13.8. The zero-order chi connectivity index (χ0) is 11.2. The predicted octanol–water partition coefficient (Wildman–Crippen LogP) is 2.95. The van der Waals surface area contributed by atoms with Crippen molar-refractivity contribution in [3.8, 4) is 0 Å². The Bertz CT molecular complexity index is 180. The number of halogens is 1. The van der Waals surface area contributed by atoms with Crippen molar-refractivity contribution in [1.82, 2.24) is 5.32 Å². The van der Waals surface area contributed by atoms with Crippen LogP contribution in [0, 0.1) is 5.41 Å². The second kappa shape index (κ2) is 6.28. The van der Waals surface area contributed by atoms with Gasteiger partial charge in [0.15, 0.2) is 0 Å². The first-order valence-corrected chi connectivity index (χ1v) is 5.84. The van der Waals surface area contributed by atoms with Gasteiger partial charge < -0.3 is 5.32 Å². The number of carbonyl (C=O) groups is 1. The highest BCUT2D eigenvalue weighted by Crippen LogP contribution is 2.17. The lowest BCUT2D eigenvalue weighted by Crippen LogP contribution is -2.42. The van der Waals surface area contributed by atoms with Crippen LogP contribution in [-0.4, -0.2) is 17.8 Å². The smallest absolute Gasteiger partial charge is 0.227 e. The molecule has 0 radical (unpaired) electrons. The molecule has 0 bridgehead atoms. The van der Waals surface area contributed by atoms with Crippen LogP contribution in [0.3, 0.4) is 0 Å². The molecule has 0 heterocycles. The molecule has 2 nitrogen and oxygen atoms in total. The topological polar surface area (TPSA) is 29.1 Å². The number of amides is 1. The van der Waals surface area contributed by atoms with Crippen LogP contribution in [-0.2, 0) is 4.79 Å². The predicted molar refractivity (Wildman–Crippen MR) is 61.6 cm³/mol. The molecule has 0 saturated carbocycles. The summed E-state index contributed by atoms with van der Waals surface area (Å²) in [6.45, 7) is 7.92. The van der Waals surface area contributed by atoms with Crippen LogP contribution in [0.25, 0.3) is 0 Å². The third-order valence-electron chi connectivity index (χ3n) is 2.32. The molecule has 0 rings (SSSR count). The number of unbranched alkanes of at least 4 members (excludes halogenated alkanes) is 1. The van der Waals surface area contributed by atoms with Crippen molar-refractivity contribution in [3.63, 3.8) is 0 Å². The van der Waals surface area contributed by atoms with Gasteiger partial charge in [-0.05, 0) is 27.2 Å². The van der Waals surface area contributed by atoms with Crippen LogP contribution in [0.2, 0.25) is 0 Å². The normalized spacial score (nSPS) is 13.8. The minimum Gasteiger partial charge on any atom is -0.353 e. The minimum absolute atomic E-state index is 0.0519. The average Bonchev–Trinajstić information content (AvgIpc) is 2.14. The van der Waals surface area contributed by atoms with Gasteiger partial charge in [-0.2, -0.15) is 0 Å². The Morgan fingerprint density at radius 3 is 2.50 bits per heavy atom. The first-order chi connectivity index (χ1) is 6.44. The molecule has 1 atom stereocenters. The summed E-state index contributed by atoms with van der Waals surface area (Å²) < 4.78 is 0. The van der Waals surface area contributed by atoms with Crippen molar-refractivity contribution in [2.75, 3.05) is 5.88 Å². The molecule has 0 fully saturated rings. The standard InChI is InChI=1S/C11H22ClNO/c1-5-6-7-9(2)13-10(14)11(3,4)8-12/h9H,5-8H2,1-4H3,(H,13,14). The number of nitrogens with one attached hydrogen (secondary N) is 1. The third-order valence-corrected chi connectivity index (χ3v) is 2.99. The summed E-state index contributed by atoms with van der Waals surface area (Å²) in [4.78, 5) is 11.7. The highest BCUT2D eigenvalue weighted by molar-refractivity contribution is 6.19. The van der Waals surface area contributed by atoms with Crippen LogP contribution in [0.15, 0.2) is 0 Å². The average molecular weight is 220 g/mol. The summed E-state index contributed by atoms with van der Waals surface area (Å²) in [5.74, 6) is 0.412. The van der Waals surface area contributed by atoms with E-state index in [4.69, 9.17) is 11.6 Å². The van der Waals surface area contributed by atoms with Crippen molar-refractivity contribution in [3.05, 3.63) is 0 Å². The van der Waals surface area contributed by atoms with Gasteiger partial charge >= 0.3 is 0 Å². The Morgan fingerprint density at radius 2 is 2.07 bits per heavy atom. The molecule has 14 heavy (non-hydrogen) atoms. The Morgan fingerprint density at radius 1 is 1.50 bits per heavy atom. The summed E-state index contributed by atoms with van der Waals surface area (Å²) in [5, 5.41) is 2.98. The van der Waals surface area contributed by atoms with E-state index in [1.165, 1.54) is 6.42 Å². The molecular formula is C11H22ClNO. The highest BCUT2D eigenvalue weighted by atomic mass is 35.5. The number of hydrogen-bond acceptors (Lipinski definition) is 1. The molecular weight excluding hydrogens is 198 g/mol. The van der Waals surface area contributed by atoms with Crippen LogP contribution >= 0.6 is 11.6 Å². The highest BCUT2D eigenvalue weighted by Gasteiger charge is 2.27. The van der Waals surface area contributed by atoms with Crippen LogP contribution < -0.4 is 5.32 Å². The van der Waals surface area contributed by atoms with E-state index in [-0.39, 0.29) is 11.9 Å². The van der Waals surface area contributed by atoms with Gasteiger partial charge in [-0.1, -0.05) is 19.8 Å². The van der Waals surface area contributed by atoms with Crippen molar-refractivity contribution < 1.29 is 4.79 Å². The van der Waals surface area contributed by atoms with Crippen LogP contribution in [0.4, 0.5) is 0 Å². The maximum absolute atomic E-state index is 11.7. The van der Waals surface area contributed by atoms with E-state index in [0.29, 0.717) is 5.88 Å². The summed E-state index contributed by atoms with van der Waals surface area (Å²) >= 11 is 5.72. The van der Waals surface area contributed by atoms with E-state index in [2.05, 4.69) is 12.2 Å². The van der Waals surface area contributed by atoms with Gasteiger partial charge in [-0.3, -0.25) is 4.79 Å². The van der Waals surface area contributed by atoms with Crippen molar-refractivity contribution in [2.45, 2.75) is 53.0 Å². The molecule has 0 spiro atoms. The lowest BCUT2D eigenvalue weighted by atomic mass is 9.94. The molecule has 0 aromatic carbocycles. The molecule has 1 unspecified atom stereocenters. The van der Waals surface area contributed by atoms with Gasteiger partial charge in [0.1, 0.15) is 0 Å². The van der Waals surface area contributed by atoms with E-state index in [9.17, 15) is 4.79 Å². The van der Waals surface area contributed by atoms with Crippen LogP contribution in [0.1, 0.15) is 47.0 Å². The van der Waals surface area contributed by atoms with Gasteiger partial charge in [-0.15, -0.1) is 11.6 Å². The third kappa shape index (κ3) is 4.85. The molecule has 0 aliphatic heterocycles. The van der Waals surface area contributed by atoms with Gasteiger partial charge in [0.05, 0.1) is 5.41 Å². The second-order valence-corrected chi connectivity index (χ2v) is 4.80. The molecule has 1 N–H and O–H groups in total. The second-order valence-electron chi connectivity index (χ2n) is 4.53. The molecule has 0 aromatic rings. The summed E-state index contributed by atoms with van der Waals surface area (Å²) in [5.41, 5.74) is -0.456. The number of rotatable bonds is 6. The largest absolute Gasteiger partial charge is 0.353 e. The number of hydrogen-bond donors (Lipinski definition) is 1. The van der Waals surface area contributed by atoms with Gasteiger partial charge in [0, 0.05) is 11.9 Å². The van der Waals surface area contributed by atoms with Crippen LogP contribution in [0.5, 0.6) is 0 Å². The molecule has 84 valence electrons. The maximum atomic E-state index is 11.7. The van der Waals surface area contributed by atoms with Gasteiger partial charge in [0.2, 0.25) is 5.91 Å². The Hall–Kier alpha value is -0.240. The van der Waals surface area contributed by atoms with Gasteiger partial charge in [0.25, 0.3) is 0 Å². The SMILES string of the molecule is CCCCC(C)NC(=O)C(C)(C)CCl. The lowest BCUT2D eigenvalue weighted by molar-refractivity contribution is -0.129. The Kier molecular flexibility index (Phi) is 6.17. The summed E-state index contributed by atoms with van der Waals surface area (Å²) in [6, 6.07) is 0.255. The van der Waals surface area contributed by atoms with E-state index in [1.807, 2.05) is 20.8 Å². The van der Waals surface area contributed by atoms with Crippen molar-refractivity contribution >= 4 is 17.5 Å². The monoisotopic (exact) mass is 219 g/mol. The van der Waals surface area contributed by atoms with E-state index >= 15 is 0 Å². The summed E-state index contributed by atoms with van der Waals surface area (Å²) in [6.07, 6.45) is 3.36. The number of alkyl halides is 1. The fraction of sp³-hybridized carbons (Fsp3) is 0.909. The fourth-order valence-corrected chi connectivity index (χ4v) is 1.18.